The second kappa shape index (κ2) is 12.6. The number of hydrogen-bond donors (Lipinski definition) is 0. The van der Waals surface area contributed by atoms with Crippen molar-refractivity contribution < 1.29 is 19.0 Å². The van der Waals surface area contributed by atoms with E-state index in [2.05, 4.69) is 18.8 Å². The molecule has 2 heterocycles. The van der Waals surface area contributed by atoms with Crippen LogP contribution in [0.4, 0.5) is 0 Å². The standard InChI is InChI=1S/C30H32Cl2N2O5S/c1-16(2)11-12-38-23-10-8-20(15-24(23)37-6)27-26(29(36)39-17(3)4)18(5)33-30-34(27)28(35)25(40-30)14-19-7-9-21(31)22(32)13-19/h7-10,13-17,27H,11-12H2,1-6H3. The molecule has 3 aromatic rings. The summed E-state index contributed by atoms with van der Waals surface area (Å²) in [5.41, 5.74) is 1.86. The highest BCUT2D eigenvalue weighted by atomic mass is 35.5. The molecule has 0 spiro atoms. The summed E-state index contributed by atoms with van der Waals surface area (Å²) in [6, 6.07) is 9.82. The number of benzene rings is 2. The lowest BCUT2D eigenvalue weighted by Crippen LogP contribution is -2.40. The molecule has 1 aromatic heterocycles. The molecule has 0 N–H and O–H groups in total. The quantitative estimate of drug-likeness (QED) is 0.284. The van der Waals surface area contributed by atoms with Gasteiger partial charge in [-0.1, -0.05) is 60.5 Å². The molecule has 0 saturated carbocycles. The van der Waals surface area contributed by atoms with E-state index in [9.17, 15) is 9.59 Å². The molecule has 10 heteroatoms. The molecule has 2 aromatic carbocycles. The van der Waals surface area contributed by atoms with Crippen molar-refractivity contribution in [2.75, 3.05) is 13.7 Å². The minimum atomic E-state index is -0.780. The van der Waals surface area contributed by atoms with Gasteiger partial charge in [-0.3, -0.25) is 9.36 Å². The fourth-order valence-corrected chi connectivity index (χ4v) is 5.66. The van der Waals surface area contributed by atoms with Gasteiger partial charge in [-0.05, 0) is 74.6 Å². The summed E-state index contributed by atoms with van der Waals surface area (Å²) in [4.78, 5) is 32.4. The molecule has 40 heavy (non-hydrogen) atoms. The van der Waals surface area contributed by atoms with Crippen LogP contribution in [0.25, 0.3) is 6.08 Å². The van der Waals surface area contributed by atoms with Crippen molar-refractivity contribution >= 4 is 46.6 Å². The Labute approximate surface area is 247 Å². The molecular weight excluding hydrogens is 571 g/mol. The molecular formula is C30H32Cl2N2O5S. The maximum Gasteiger partial charge on any atom is 0.338 e. The summed E-state index contributed by atoms with van der Waals surface area (Å²) in [7, 11) is 1.56. The van der Waals surface area contributed by atoms with Crippen molar-refractivity contribution in [1.29, 1.82) is 0 Å². The molecule has 1 unspecified atom stereocenters. The van der Waals surface area contributed by atoms with Gasteiger partial charge in [0.1, 0.15) is 0 Å². The average molecular weight is 604 g/mol. The Morgan fingerprint density at radius 2 is 1.85 bits per heavy atom. The van der Waals surface area contributed by atoms with Gasteiger partial charge in [-0.25, -0.2) is 9.79 Å². The first kappa shape index (κ1) is 29.9. The molecule has 0 amide bonds. The van der Waals surface area contributed by atoms with Crippen LogP contribution in [0.1, 0.15) is 58.2 Å². The number of hydrogen-bond acceptors (Lipinski definition) is 7. The van der Waals surface area contributed by atoms with Gasteiger partial charge in [-0.2, -0.15) is 0 Å². The molecule has 7 nitrogen and oxygen atoms in total. The minimum absolute atomic E-state index is 0.290. The predicted octanol–water partition coefficient (Wildman–Crippen LogP) is 5.93. The SMILES string of the molecule is COc1cc(C2C(C(=O)OC(C)C)=C(C)N=c3sc(=Cc4ccc(Cl)c(Cl)c4)c(=O)n32)ccc1OCCC(C)C. The first-order valence-corrected chi connectivity index (χ1v) is 14.6. The van der Waals surface area contributed by atoms with E-state index in [1.165, 1.54) is 15.9 Å². The van der Waals surface area contributed by atoms with Gasteiger partial charge in [0.25, 0.3) is 5.56 Å². The number of methoxy groups -OCH3 is 1. The smallest absolute Gasteiger partial charge is 0.338 e. The zero-order valence-corrected chi connectivity index (χ0v) is 25.6. The number of aromatic nitrogens is 1. The number of carbonyl (C=O) groups excluding carboxylic acids is 1. The van der Waals surface area contributed by atoms with Crippen molar-refractivity contribution in [3.63, 3.8) is 0 Å². The number of carbonyl (C=O) groups is 1. The molecule has 1 aliphatic rings. The molecule has 0 radical (unpaired) electrons. The van der Waals surface area contributed by atoms with Crippen LogP contribution in [0.15, 0.2) is 57.5 Å². The highest BCUT2D eigenvalue weighted by Gasteiger charge is 2.34. The molecule has 0 fully saturated rings. The molecule has 0 bridgehead atoms. The summed E-state index contributed by atoms with van der Waals surface area (Å²) in [6.07, 6.45) is 2.29. The molecule has 1 aliphatic heterocycles. The Bertz CT molecular complexity index is 1640. The van der Waals surface area contributed by atoms with Crippen LogP contribution in [-0.2, 0) is 9.53 Å². The van der Waals surface area contributed by atoms with Crippen molar-refractivity contribution in [2.24, 2.45) is 10.9 Å². The van der Waals surface area contributed by atoms with E-state index < -0.39 is 12.0 Å². The van der Waals surface area contributed by atoms with Crippen molar-refractivity contribution in [1.82, 2.24) is 4.57 Å². The van der Waals surface area contributed by atoms with E-state index in [-0.39, 0.29) is 17.2 Å². The van der Waals surface area contributed by atoms with Crippen LogP contribution in [0.3, 0.4) is 0 Å². The number of halogens is 2. The van der Waals surface area contributed by atoms with Crippen LogP contribution in [-0.4, -0.2) is 30.4 Å². The Morgan fingerprint density at radius 3 is 2.50 bits per heavy atom. The second-order valence-corrected chi connectivity index (χ2v) is 12.0. The van der Waals surface area contributed by atoms with Gasteiger partial charge in [0, 0.05) is 0 Å². The van der Waals surface area contributed by atoms with Gasteiger partial charge in [0.2, 0.25) is 0 Å². The molecule has 0 saturated heterocycles. The third kappa shape index (κ3) is 6.45. The van der Waals surface area contributed by atoms with Gasteiger partial charge < -0.3 is 14.2 Å². The molecule has 1 atom stereocenters. The fourth-order valence-electron chi connectivity index (χ4n) is 4.31. The first-order chi connectivity index (χ1) is 19.0. The van der Waals surface area contributed by atoms with Crippen molar-refractivity contribution in [3.05, 3.63) is 88.5 Å². The van der Waals surface area contributed by atoms with Gasteiger partial charge in [0.15, 0.2) is 16.3 Å². The number of esters is 1. The molecule has 4 rings (SSSR count). The highest BCUT2D eigenvalue weighted by Crippen LogP contribution is 2.36. The number of fused-ring (bicyclic) bond motifs is 1. The lowest BCUT2D eigenvalue weighted by molar-refractivity contribution is -0.143. The third-order valence-corrected chi connectivity index (χ3v) is 8.00. The number of nitrogens with zero attached hydrogens (tertiary/aromatic N) is 2. The number of allylic oxidation sites excluding steroid dienone is 1. The largest absolute Gasteiger partial charge is 0.493 e. The van der Waals surface area contributed by atoms with E-state index in [0.717, 1.165) is 12.0 Å². The average Bonchev–Trinajstić information content (AvgIpc) is 3.19. The number of rotatable bonds is 9. The Hall–Kier alpha value is -3.07. The molecule has 212 valence electrons. The summed E-state index contributed by atoms with van der Waals surface area (Å²) < 4.78 is 19.2. The van der Waals surface area contributed by atoms with Crippen LogP contribution in [0, 0.1) is 5.92 Å². The number of thiazole rings is 1. The summed E-state index contributed by atoms with van der Waals surface area (Å²) in [6.45, 7) is 10.1. The van der Waals surface area contributed by atoms with E-state index >= 15 is 0 Å². The zero-order valence-electron chi connectivity index (χ0n) is 23.3. The van der Waals surface area contributed by atoms with Gasteiger partial charge in [-0.15, -0.1) is 0 Å². The van der Waals surface area contributed by atoms with Gasteiger partial charge >= 0.3 is 5.97 Å². The normalized spacial score (nSPS) is 15.3. The van der Waals surface area contributed by atoms with E-state index in [0.29, 0.717) is 54.7 Å². The van der Waals surface area contributed by atoms with Crippen LogP contribution >= 0.6 is 34.5 Å². The maximum absolute atomic E-state index is 13.9. The van der Waals surface area contributed by atoms with Crippen LogP contribution in [0.2, 0.25) is 10.0 Å². The predicted molar refractivity (Wildman–Crippen MR) is 159 cm³/mol. The fraction of sp³-hybridized carbons (Fsp3) is 0.367. The highest BCUT2D eigenvalue weighted by molar-refractivity contribution is 7.07. The van der Waals surface area contributed by atoms with Gasteiger partial charge in [0.05, 0.1) is 51.7 Å². The Kier molecular flexibility index (Phi) is 9.44. The number of ether oxygens (including phenoxy) is 3. The minimum Gasteiger partial charge on any atom is -0.493 e. The lowest BCUT2D eigenvalue weighted by Gasteiger charge is -2.26. The summed E-state index contributed by atoms with van der Waals surface area (Å²) >= 11 is 13.5. The van der Waals surface area contributed by atoms with E-state index in [1.807, 2.05) is 6.07 Å². The topological polar surface area (TPSA) is 79.1 Å². The Morgan fingerprint density at radius 1 is 1.10 bits per heavy atom. The van der Waals surface area contributed by atoms with E-state index in [1.54, 1.807) is 64.3 Å². The lowest BCUT2D eigenvalue weighted by atomic mass is 9.95. The Balaban J connectivity index is 1.88. The molecule has 0 aliphatic carbocycles. The third-order valence-electron chi connectivity index (χ3n) is 6.28. The summed E-state index contributed by atoms with van der Waals surface area (Å²) in [5, 5.41) is 0.813. The van der Waals surface area contributed by atoms with Crippen LogP contribution in [0.5, 0.6) is 11.5 Å². The van der Waals surface area contributed by atoms with Crippen molar-refractivity contribution in [3.8, 4) is 11.5 Å². The zero-order chi connectivity index (χ0) is 29.1. The monoisotopic (exact) mass is 602 g/mol. The second-order valence-electron chi connectivity index (χ2n) is 10.2. The van der Waals surface area contributed by atoms with E-state index in [4.69, 9.17) is 37.4 Å². The van der Waals surface area contributed by atoms with Crippen LogP contribution < -0.4 is 24.4 Å². The summed E-state index contributed by atoms with van der Waals surface area (Å²) in [5.74, 6) is 1.06. The van der Waals surface area contributed by atoms with Crippen molar-refractivity contribution in [2.45, 2.75) is 53.2 Å². The first-order valence-electron chi connectivity index (χ1n) is 13.0. The maximum atomic E-state index is 13.9.